The van der Waals surface area contributed by atoms with Crippen molar-refractivity contribution in [2.75, 3.05) is 19.8 Å². The van der Waals surface area contributed by atoms with Gasteiger partial charge in [-0.1, -0.05) is 26.0 Å². The fourth-order valence-corrected chi connectivity index (χ4v) is 2.33. The maximum absolute atomic E-state index is 10.2. The molecular formula is C18H29NO3. The summed E-state index contributed by atoms with van der Waals surface area (Å²) in [5.74, 6) is 1.11. The second-order valence-corrected chi connectivity index (χ2v) is 6.71. The van der Waals surface area contributed by atoms with Gasteiger partial charge in [0.05, 0.1) is 11.7 Å². The highest BCUT2D eigenvalue weighted by Gasteiger charge is 2.23. The summed E-state index contributed by atoms with van der Waals surface area (Å²) in [5, 5.41) is 13.5. The minimum absolute atomic E-state index is 0.230. The van der Waals surface area contributed by atoms with E-state index in [1.165, 1.54) is 5.56 Å². The van der Waals surface area contributed by atoms with Crippen molar-refractivity contribution in [3.8, 4) is 5.75 Å². The van der Waals surface area contributed by atoms with Crippen LogP contribution in [-0.2, 0) is 11.3 Å². The maximum Gasteiger partial charge on any atom is 0.119 e. The highest BCUT2D eigenvalue weighted by atomic mass is 16.5. The van der Waals surface area contributed by atoms with Gasteiger partial charge in [-0.15, -0.1) is 0 Å². The number of aliphatic hydroxyl groups is 1. The van der Waals surface area contributed by atoms with Crippen LogP contribution >= 0.6 is 0 Å². The molecule has 0 saturated carbocycles. The first-order chi connectivity index (χ1) is 10.5. The van der Waals surface area contributed by atoms with Crippen molar-refractivity contribution in [1.82, 2.24) is 5.32 Å². The molecule has 2 rings (SSSR count). The lowest BCUT2D eigenvalue weighted by atomic mass is 9.92. The average Bonchev–Trinajstić information content (AvgIpc) is 2.99. The van der Waals surface area contributed by atoms with Gasteiger partial charge in [-0.2, -0.15) is 0 Å². The molecule has 1 fully saturated rings. The van der Waals surface area contributed by atoms with E-state index in [-0.39, 0.29) is 12.0 Å². The third-order valence-corrected chi connectivity index (χ3v) is 4.44. The number of rotatable bonds is 8. The second kappa shape index (κ2) is 7.95. The Bertz CT molecular complexity index is 436. The molecule has 1 aliphatic heterocycles. The van der Waals surface area contributed by atoms with Crippen molar-refractivity contribution in [3.05, 3.63) is 29.8 Å². The van der Waals surface area contributed by atoms with Crippen LogP contribution in [0.1, 0.15) is 39.2 Å². The lowest BCUT2D eigenvalue weighted by molar-refractivity contribution is 0.0140. The minimum Gasteiger partial charge on any atom is -0.491 e. The number of ether oxygens (including phenoxy) is 2. The van der Waals surface area contributed by atoms with Crippen LogP contribution in [0.3, 0.4) is 0 Å². The van der Waals surface area contributed by atoms with Crippen LogP contribution in [0, 0.1) is 5.92 Å². The fraction of sp³-hybridized carbons (Fsp3) is 0.667. The molecular weight excluding hydrogens is 278 g/mol. The lowest BCUT2D eigenvalue weighted by Gasteiger charge is -2.28. The first-order valence-electron chi connectivity index (χ1n) is 8.24. The predicted octanol–water partition coefficient (Wildman–Crippen LogP) is 2.74. The molecule has 2 N–H and O–H groups in total. The van der Waals surface area contributed by atoms with E-state index >= 15 is 0 Å². The third-order valence-electron chi connectivity index (χ3n) is 4.44. The van der Waals surface area contributed by atoms with Crippen molar-refractivity contribution in [2.45, 2.75) is 51.9 Å². The molecule has 1 heterocycles. The summed E-state index contributed by atoms with van der Waals surface area (Å²) < 4.78 is 11.3. The van der Waals surface area contributed by atoms with Crippen molar-refractivity contribution in [2.24, 2.45) is 5.92 Å². The topological polar surface area (TPSA) is 50.7 Å². The molecule has 1 aromatic rings. The molecule has 0 spiro atoms. The molecule has 0 bridgehead atoms. The molecule has 0 aromatic heterocycles. The molecule has 1 aromatic carbocycles. The van der Waals surface area contributed by atoms with E-state index < -0.39 is 5.60 Å². The normalized spacial score (nSPS) is 21.0. The minimum atomic E-state index is -0.676. The Morgan fingerprint density at radius 3 is 2.68 bits per heavy atom. The summed E-state index contributed by atoms with van der Waals surface area (Å²) in [6, 6.07) is 8.10. The molecule has 124 valence electrons. The van der Waals surface area contributed by atoms with Crippen LogP contribution < -0.4 is 10.1 Å². The highest BCUT2D eigenvalue weighted by molar-refractivity contribution is 5.27. The zero-order valence-electron chi connectivity index (χ0n) is 14.0. The van der Waals surface area contributed by atoms with E-state index in [9.17, 15) is 5.11 Å². The predicted molar refractivity (Wildman–Crippen MR) is 88.1 cm³/mol. The molecule has 2 unspecified atom stereocenters. The van der Waals surface area contributed by atoms with Gasteiger partial charge in [-0.05, 0) is 43.4 Å². The summed E-state index contributed by atoms with van der Waals surface area (Å²) in [5.41, 5.74) is 0.508. The van der Waals surface area contributed by atoms with Crippen molar-refractivity contribution >= 4 is 0 Å². The number of hydrogen-bond donors (Lipinski definition) is 2. The molecule has 1 saturated heterocycles. The SMILES string of the molecule is CC(C)C(C)(O)CNCc1ccc(OCC2CCCO2)cc1. The molecule has 0 aliphatic carbocycles. The van der Waals surface area contributed by atoms with Gasteiger partial charge in [-0.25, -0.2) is 0 Å². The van der Waals surface area contributed by atoms with Crippen LogP contribution in [0.2, 0.25) is 0 Å². The second-order valence-electron chi connectivity index (χ2n) is 6.71. The van der Waals surface area contributed by atoms with E-state index in [0.29, 0.717) is 13.2 Å². The molecule has 0 radical (unpaired) electrons. The van der Waals surface area contributed by atoms with Gasteiger partial charge in [0.15, 0.2) is 0 Å². The molecule has 4 heteroatoms. The van der Waals surface area contributed by atoms with Gasteiger partial charge >= 0.3 is 0 Å². The van der Waals surface area contributed by atoms with Crippen molar-refractivity contribution < 1.29 is 14.6 Å². The lowest BCUT2D eigenvalue weighted by Crippen LogP contribution is -2.41. The van der Waals surface area contributed by atoms with Gasteiger partial charge < -0.3 is 19.9 Å². The van der Waals surface area contributed by atoms with Gasteiger partial charge in [-0.3, -0.25) is 0 Å². The maximum atomic E-state index is 10.2. The van der Waals surface area contributed by atoms with Crippen LogP contribution in [0.15, 0.2) is 24.3 Å². The van der Waals surface area contributed by atoms with E-state index in [1.54, 1.807) is 0 Å². The number of nitrogens with one attached hydrogen (secondary N) is 1. The summed E-state index contributed by atoms with van der Waals surface area (Å²) in [6.07, 6.45) is 2.48. The molecule has 1 aliphatic rings. The van der Waals surface area contributed by atoms with Crippen molar-refractivity contribution in [1.29, 1.82) is 0 Å². The Labute approximate surface area is 133 Å². The van der Waals surface area contributed by atoms with Gasteiger partial charge in [0, 0.05) is 19.7 Å². The Balaban J connectivity index is 1.72. The Kier molecular flexibility index (Phi) is 6.24. The Morgan fingerprint density at radius 2 is 2.09 bits per heavy atom. The zero-order valence-corrected chi connectivity index (χ0v) is 14.0. The van der Waals surface area contributed by atoms with Gasteiger partial charge in [0.1, 0.15) is 12.4 Å². The fourth-order valence-electron chi connectivity index (χ4n) is 2.33. The largest absolute Gasteiger partial charge is 0.491 e. The van der Waals surface area contributed by atoms with Crippen LogP contribution in [0.25, 0.3) is 0 Å². The monoisotopic (exact) mass is 307 g/mol. The average molecular weight is 307 g/mol. The molecule has 4 nitrogen and oxygen atoms in total. The van der Waals surface area contributed by atoms with Gasteiger partial charge in [0.25, 0.3) is 0 Å². The van der Waals surface area contributed by atoms with E-state index in [2.05, 4.69) is 17.4 Å². The Morgan fingerprint density at radius 1 is 1.36 bits per heavy atom. The zero-order chi connectivity index (χ0) is 16.0. The van der Waals surface area contributed by atoms with Crippen molar-refractivity contribution in [3.63, 3.8) is 0 Å². The van der Waals surface area contributed by atoms with Crippen LogP contribution in [-0.4, -0.2) is 36.6 Å². The number of hydrogen-bond acceptors (Lipinski definition) is 4. The quantitative estimate of drug-likeness (QED) is 0.775. The molecule has 0 amide bonds. The van der Waals surface area contributed by atoms with E-state index in [4.69, 9.17) is 9.47 Å². The third kappa shape index (κ3) is 5.27. The summed E-state index contributed by atoms with van der Waals surface area (Å²) in [7, 11) is 0. The standard InChI is InChI=1S/C18H29NO3/c1-14(2)18(3,20)13-19-11-15-6-8-16(9-7-15)22-12-17-5-4-10-21-17/h6-9,14,17,19-20H,4-5,10-13H2,1-3H3. The highest BCUT2D eigenvalue weighted by Crippen LogP contribution is 2.17. The number of benzene rings is 1. The molecule has 2 atom stereocenters. The van der Waals surface area contributed by atoms with Crippen LogP contribution in [0.4, 0.5) is 0 Å². The summed E-state index contributed by atoms with van der Waals surface area (Å²) in [4.78, 5) is 0. The first kappa shape index (κ1) is 17.3. The van der Waals surface area contributed by atoms with Gasteiger partial charge in [0.2, 0.25) is 0 Å². The van der Waals surface area contributed by atoms with Crippen LogP contribution in [0.5, 0.6) is 5.75 Å². The van der Waals surface area contributed by atoms with E-state index in [0.717, 1.165) is 31.7 Å². The summed E-state index contributed by atoms with van der Waals surface area (Å²) in [6.45, 7) is 8.75. The smallest absolute Gasteiger partial charge is 0.119 e. The Hall–Kier alpha value is -1.10. The van der Waals surface area contributed by atoms with E-state index in [1.807, 2.05) is 32.9 Å². The molecule has 22 heavy (non-hydrogen) atoms. The summed E-state index contributed by atoms with van der Waals surface area (Å²) >= 11 is 0. The first-order valence-corrected chi connectivity index (χ1v) is 8.24.